The molecule has 17 heavy (non-hydrogen) atoms. The Labute approximate surface area is 95.3 Å². The van der Waals surface area contributed by atoms with Gasteiger partial charge in [0.25, 0.3) is 0 Å². The molecular formula is C9H12FN3O4. The van der Waals surface area contributed by atoms with Gasteiger partial charge in [-0.05, 0) is 6.07 Å². The van der Waals surface area contributed by atoms with E-state index in [0.29, 0.717) is 0 Å². The molecular weight excluding hydrogens is 233 g/mol. The fourth-order valence-corrected chi connectivity index (χ4v) is 1.70. The number of aliphatic hydroxyl groups excluding tert-OH is 2. The highest BCUT2D eigenvalue weighted by Gasteiger charge is 2.45. The standard InChI is InChI=1S/C9H12FN3O4/c10-6-7(15)4(3-14)17-8(6)13-2-1-5(11)12-9(13)16/h1-2,4,6-8,14-15H,3H2,(H2,11,12,16)/t4-,6+,7?,8-/m1/s1. The van der Waals surface area contributed by atoms with Gasteiger partial charge in [-0.3, -0.25) is 4.57 Å². The first-order valence-corrected chi connectivity index (χ1v) is 4.97. The van der Waals surface area contributed by atoms with Crippen molar-refractivity contribution in [2.45, 2.75) is 24.6 Å². The first kappa shape index (κ1) is 12.0. The number of hydrogen-bond acceptors (Lipinski definition) is 6. The molecule has 0 aromatic carbocycles. The van der Waals surface area contributed by atoms with Gasteiger partial charge in [-0.25, -0.2) is 9.18 Å². The number of aromatic nitrogens is 2. The van der Waals surface area contributed by atoms with Crippen LogP contribution in [0.25, 0.3) is 0 Å². The highest BCUT2D eigenvalue weighted by molar-refractivity contribution is 5.23. The molecule has 1 saturated heterocycles. The summed E-state index contributed by atoms with van der Waals surface area (Å²) in [4.78, 5) is 14.9. The molecule has 7 nitrogen and oxygen atoms in total. The number of ether oxygens (including phenoxy) is 1. The molecule has 2 heterocycles. The Morgan fingerprint density at radius 3 is 2.88 bits per heavy atom. The van der Waals surface area contributed by atoms with Crippen molar-refractivity contribution in [1.82, 2.24) is 9.55 Å². The van der Waals surface area contributed by atoms with Gasteiger partial charge in [-0.2, -0.15) is 4.98 Å². The number of halogens is 1. The highest BCUT2D eigenvalue weighted by atomic mass is 19.1. The van der Waals surface area contributed by atoms with Crippen molar-refractivity contribution < 1.29 is 19.3 Å². The van der Waals surface area contributed by atoms with Crippen LogP contribution in [0.3, 0.4) is 0 Å². The number of anilines is 1. The molecule has 0 saturated carbocycles. The fraction of sp³-hybridized carbons (Fsp3) is 0.556. The summed E-state index contributed by atoms with van der Waals surface area (Å²) in [7, 11) is 0. The minimum atomic E-state index is -1.81. The zero-order chi connectivity index (χ0) is 12.6. The van der Waals surface area contributed by atoms with E-state index in [9.17, 15) is 14.3 Å². The van der Waals surface area contributed by atoms with Gasteiger partial charge in [0.1, 0.15) is 18.0 Å². The van der Waals surface area contributed by atoms with Crippen molar-refractivity contribution in [2.24, 2.45) is 0 Å². The molecule has 0 bridgehead atoms. The summed E-state index contributed by atoms with van der Waals surface area (Å²) in [6.07, 6.45) is -4.42. The van der Waals surface area contributed by atoms with Crippen LogP contribution >= 0.6 is 0 Å². The van der Waals surface area contributed by atoms with Crippen molar-refractivity contribution in [1.29, 1.82) is 0 Å². The molecule has 2 rings (SSSR count). The van der Waals surface area contributed by atoms with Gasteiger partial charge in [0.15, 0.2) is 12.4 Å². The van der Waals surface area contributed by atoms with Gasteiger partial charge < -0.3 is 20.7 Å². The molecule has 1 aliphatic heterocycles. The number of alkyl halides is 1. The first-order valence-electron chi connectivity index (χ1n) is 4.97. The van der Waals surface area contributed by atoms with E-state index in [0.717, 1.165) is 4.57 Å². The summed E-state index contributed by atoms with van der Waals surface area (Å²) in [5.74, 6) is 0.0129. The highest BCUT2D eigenvalue weighted by Crippen LogP contribution is 2.30. The number of nitrogens with two attached hydrogens (primary N) is 1. The largest absolute Gasteiger partial charge is 0.394 e. The third-order valence-corrected chi connectivity index (χ3v) is 2.60. The van der Waals surface area contributed by atoms with E-state index >= 15 is 0 Å². The Morgan fingerprint density at radius 1 is 1.65 bits per heavy atom. The van der Waals surface area contributed by atoms with Crippen LogP contribution in [0, 0.1) is 0 Å². The first-order chi connectivity index (χ1) is 8.04. The van der Waals surface area contributed by atoms with E-state index in [2.05, 4.69) is 4.98 Å². The summed E-state index contributed by atoms with van der Waals surface area (Å²) in [5, 5.41) is 18.3. The van der Waals surface area contributed by atoms with Crippen LogP contribution < -0.4 is 11.4 Å². The van der Waals surface area contributed by atoms with Gasteiger partial charge in [-0.1, -0.05) is 0 Å². The fourth-order valence-electron chi connectivity index (χ4n) is 1.70. The predicted molar refractivity (Wildman–Crippen MR) is 54.8 cm³/mol. The Morgan fingerprint density at radius 2 is 2.35 bits per heavy atom. The van der Waals surface area contributed by atoms with Crippen molar-refractivity contribution in [3.63, 3.8) is 0 Å². The lowest BCUT2D eigenvalue weighted by molar-refractivity contribution is -0.0490. The van der Waals surface area contributed by atoms with Crippen LogP contribution in [0.15, 0.2) is 17.1 Å². The number of nitrogen functional groups attached to an aromatic ring is 1. The molecule has 94 valence electrons. The molecule has 4 atom stereocenters. The Bertz CT molecular complexity index is 466. The summed E-state index contributed by atoms with van der Waals surface area (Å²) in [6.45, 7) is -0.533. The van der Waals surface area contributed by atoms with Crippen molar-refractivity contribution in [3.05, 3.63) is 22.7 Å². The van der Waals surface area contributed by atoms with E-state index in [4.69, 9.17) is 15.6 Å². The molecule has 8 heteroatoms. The zero-order valence-corrected chi connectivity index (χ0v) is 8.73. The lowest BCUT2D eigenvalue weighted by Crippen LogP contribution is -2.33. The summed E-state index contributed by atoms with van der Waals surface area (Å²) < 4.78 is 19.6. The molecule has 1 aromatic rings. The number of rotatable bonds is 2. The van der Waals surface area contributed by atoms with Crippen LogP contribution in [0.4, 0.5) is 10.2 Å². The molecule has 1 unspecified atom stereocenters. The minimum Gasteiger partial charge on any atom is -0.394 e. The number of aliphatic hydroxyl groups is 2. The second kappa shape index (κ2) is 4.40. The molecule has 1 aromatic heterocycles. The average Bonchev–Trinajstić information content (AvgIpc) is 2.57. The maximum absolute atomic E-state index is 13.7. The van der Waals surface area contributed by atoms with E-state index in [1.807, 2.05) is 0 Å². The summed E-state index contributed by atoms with van der Waals surface area (Å²) in [5.41, 5.74) is 4.52. The lowest BCUT2D eigenvalue weighted by Gasteiger charge is -2.15. The molecule has 1 fully saturated rings. The molecule has 0 spiro atoms. The summed E-state index contributed by atoms with van der Waals surface area (Å²) >= 11 is 0. The van der Waals surface area contributed by atoms with Crippen LogP contribution in [-0.2, 0) is 4.74 Å². The van der Waals surface area contributed by atoms with Gasteiger partial charge >= 0.3 is 5.69 Å². The van der Waals surface area contributed by atoms with E-state index < -0.39 is 36.9 Å². The Hall–Kier alpha value is -1.51. The van der Waals surface area contributed by atoms with Gasteiger partial charge in [0.05, 0.1) is 6.61 Å². The average molecular weight is 245 g/mol. The zero-order valence-electron chi connectivity index (χ0n) is 8.73. The summed E-state index contributed by atoms with van der Waals surface area (Å²) in [6, 6.07) is 1.32. The van der Waals surface area contributed by atoms with Crippen LogP contribution in [0.1, 0.15) is 6.23 Å². The number of nitrogens with zero attached hydrogens (tertiary/aromatic N) is 2. The van der Waals surface area contributed by atoms with E-state index in [-0.39, 0.29) is 5.82 Å². The molecule has 4 N–H and O–H groups in total. The molecule has 0 aliphatic carbocycles. The third kappa shape index (κ3) is 2.02. The Kier molecular flexibility index (Phi) is 3.09. The molecule has 0 amide bonds. The normalized spacial score (nSPS) is 32.9. The quantitative estimate of drug-likeness (QED) is 0.579. The maximum atomic E-state index is 13.7. The van der Waals surface area contributed by atoms with Gasteiger partial charge in [-0.15, -0.1) is 0 Å². The van der Waals surface area contributed by atoms with Gasteiger partial charge in [0.2, 0.25) is 0 Å². The Balaban J connectivity index is 2.32. The smallest absolute Gasteiger partial charge is 0.351 e. The number of hydrogen-bond donors (Lipinski definition) is 3. The van der Waals surface area contributed by atoms with Crippen molar-refractivity contribution in [3.8, 4) is 0 Å². The minimum absolute atomic E-state index is 0.0129. The van der Waals surface area contributed by atoms with E-state index in [1.54, 1.807) is 0 Å². The van der Waals surface area contributed by atoms with Crippen LogP contribution in [0.2, 0.25) is 0 Å². The van der Waals surface area contributed by atoms with Crippen molar-refractivity contribution >= 4 is 5.82 Å². The van der Waals surface area contributed by atoms with Crippen molar-refractivity contribution in [2.75, 3.05) is 12.3 Å². The second-order valence-corrected chi connectivity index (χ2v) is 3.72. The topological polar surface area (TPSA) is 111 Å². The lowest BCUT2D eigenvalue weighted by atomic mass is 10.1. The third-order valence-electron chi connectivity index (χ3n) is 2.60. The van der Waals surface area contributed by atoms with Gasteiger partial charge in [0, 0.05) is 6.20 Å². The van der Waals surface area contributed by atoms with Crippen LogP contribution in [0.5, 0.6) is 0 Å². The van der Waals surface area contributed by atoms with E-state index in [1.165, 1.54) is 12.3 Å². The molecule has 0 radical (unpaired) electrons. The SMILES string of the molecule is Nc1ccn([C@@H]2O[C@H](CO)C(O)[C@@H]2F)c(=O)n1. The molecule has 1 aliphatic rings. The predicted octanol–water partition coefficient (Wildman–Crippen LogP) is -1.59. The monoisotopic (exact) mass is 245 g/mol. The maximum Gasteiger partial charge on any atom is 0.351 e. The van der Waals surface area contributed by atoms with Crippen LogP contribution in [-0.4, -0.2) is 44.8 Å². The second-order valence-electron chi connectivity index (χ2n) is 3.72.